The Labute approximate surface area is 156 Å². The van der Waals surface area contributed by atoms with Gasteiger partial charge in [0.25, 0.3) is 5.89 Å². The van der Waals surface area contributed by atoms with Crippen molar-refractivity contribution in [1.82, 2.24) is 19.7 Å². The van der Waals surface area contributed by atoms with E-state index in [2.05, 4.69) is 10.2 Å². The van der Waals surface area contributed by atoms with E-state index in [9.17, 15) is 4.79 Å². The highest BCUT2D eigenvalue weighted by Crippen LogP contribution is 2.30. The maximum Gasteiger partial charge on any atom is 0.258 e. The molecule has 6 nitrogen and oxygen atoms in total. The highest BCUT2D eigenvalue weighted by molar-refractivity contribution is 7.13. The van der Waals surface area contributed by atoms with Crippen LogP contribution in [0.25, 0.3) is 22.2 Å². The molecule has 7 heteroatoms. The van der Waals surface area contributed by atoms with Crippen molar-refractivity contribution >= 4 is 17.2 Å². The van der Waals surface area contributed by atoms with E-state index in [0.717, 1.165) is 47.8 Å². The minimum absolute atomic E-state index is 0.183. The number of rotatable bonds is 4. The highest BCUT2D eigenvalue weighted by Gasteiger charge is 2.21. The first-order valence-corrected chi connectivity index (χ1v) is 9.83. The van der Waals surface area contributed by atoms with Crippen LogP contribution in [0.1, 0.15) is 30.7 Å². The van der Waals surface area contributed by atoms with Crippen LogP contribution in [0.4, 0.5) is 0 Å². The molecule has 4 rings (SSSR count). The summed E-state index contributed by atoms with van der Waals surface area (Å²) in [6.07, 6.45) is 3.43. The van der Waals surface area contributed by atoms with Crippen molar-refractivity contribution in [2.24, 2.45) is 0 Å². The fraction of sp³-hybridized carbons (Fsp3) is 0.421. The fourth-order valence-corrected chi connectivity index (χ4v) is 4.12. The van der Waals surface area contributed by atoms with Gasteiger partial charge < -0.3 is 13.9 Å². The Bertz CT molecular complexity index is 904. The predicted octanol–water partition coefficient (Wildman–Crippen LogP) is 3.90. The van der Waals surface area contributed by atoms with Crippen molar-refractivity contribution in [3.8, 4) is 22.2 Å². The summed E-state index contributed by atoms with van der Waals surface area (Å²) in [5.74, 6) is 1.21. The fourth-order valence-electron chi connectivity index (χ4n) is 3.47. The minimum Gasteiger partial charge on any atom is -0.415 e. The normalized spacial score (nSPS) is 14.8. The second-order valence-corrected chi connectivity index (χ2v) is 7.65. The standard InChI is InChI=1S/C19H22N4O2S/c1-13-11-15(18-20-21-19(25-18)16-7-6-10-26-16)14(2)23(13)12-17(24)22-8-4-3-5-9-22/h6-7,10-11H,3-5,8-9,12H2,1-2H3. The Hall–Kier alpha value is -2.41. The van der Waals surface area contributed by atoms with Crippen LogP contribution in [0.5, 0.6) is 0 Å². The van der Waals surface area contributed by atoms with Gasteiger partial charge in [-0.1, -0.05) is 6.07 Å². The smallest absolute Gasteiger partial charge is 0.258 e. The largest absolute Gasteiger partial charge is 0.415 e. The molecule has 0 N–H and O–H groups in total. The van der Waals surface area contributed by atoms with Gasteiger partial charge in [-0.25, -0.2) is 0 Å². The van der Waals surface area contributed by atoms with Gasteiger partial charge in [0.05, 0.1) is 10.4 Å². The van der Waals surface area contributed by atoms with Crippen LogP contribution in [-0.4, -0.2) is 38.7 Å². The molecule has 1 amide bonds. The number of nitrogens with zero attached hydrogens (tertiary/aromatic N) is 4. The van der Waals surface area contributed by atoms with E-state index in [0.29, 0.717) is 18.3 Å². The summed E-state index contributed by atoms with van der Waals surface area (Å²) < 4.78 is 7.91. The quantitative estimate of drug-likeness (QED) is 0.699. The third-order valence-electron chi connectivity index (χ3n) is 4.96. The zero-order chi connectivity index (χ0) is 18.1. The minimum atomic E-state index is 0.183. The SMILES string of the molecule is Cc1cc(-c2nnc(-c3cccs3)o2)c(C)n1CC(=O)N1CCCCC1. The van der Waals surface area contributed by atoms with Crippen LogP contribution in [-0.2, 0) is 11.3 Å². The molecule has 4 heterocycles. The van der Waals surface area contributed by atoms with E-state index in [-0.39, 0.29) is 5.91 Å². The van der Waals surface area contributed by atoms with E-state index in [1.54, 1.807) is 11.3 Å². The Morgan fingerprint density at radius 1 is 1.19 bits per heavy atom. The summed E-state index contributed by atoms with van der Waals surface area (Å²) in [7, 11) is 0. The number of hydrogen-bond donors (Lipinski definition) is 0. The Kier molecular flexibility index (Phi) is 4.63. The molecule has 1 aliphatic rings. The molecule has 26 heavy (non-hydrogen) atoms. The molecule has 0 atom stereocenters. The molecule has 0 unspecified atom stereocenters. The van der Waals surface area contributed by atoms with Gasteiger partial charge in [-0.05, 0) is 50.6 Å². The number of carbonyl (C=O) groups excluding carboxylic acids is 1. The van der Waals surface area contributed by atoms with E-state index in [1.165, 1.54) is 6.42 Å². The van der Waals surface area contributed by atoms with Crippen molar-refractivity contribution in [1.29, 1.82) is 0 Å². The number of thiophene rings is 1. The molecular weight excluding hydrogens is 348 g/mol. The van der Waals surface area contributed by atoms with Crippen molar-refractivity contribution in [2.75, 3.05) is 13.1 Å². The first-order chi connectivity index (χ1) is 12.6. The summed E-state index contributed by atoms with van der Waals surface area (Å²) >= 11 is 1.57. The summed E-state index contributed by atoms with van der Waals surface area (Å²) in [5, 5.41) is 10.4. The van der Waals surface area contributed by atoms with Crippen LogP contribution in [0.15, 0.2) is 28.0 Å². The third kappa shape index (κ3) is 3.19. The first kappa shape index (κ1) is 17.0. The molecule has 3 aromatic heterocycles. The molecule has 3 aromatic rings. The summed E-state index contributed by atoms with van der Waals surface area (Å²) in [6.45, 7) is 6.12. The summed E-state index contributed by atoms with van der Waals surface area (Å²) in [4.78, 5) is 15.6. The molecule has 0 aliphatic carbocycles. The number of aromatic nitrogens is 3. The van der Waals surface area contributed by atoms with Crippen LogP contribution in [0, 0.1) is 13.8 Å². The lowest BCUT2D eigenvalue weighted by atomic mass is 10.1. The number of carbonyl (C=O) groups is 1. The lowest BCUT2D eigenvalue weighted by Crippen LogP contribution is -2.38. The first-order valence-electron chi connectivity index (χ1n) is 8.96. The highest BCUT2D eigenvalue weighted by atomic mass is 32.1. The van der Waals surface area contributed by atoms with Crippen LogP contribution in [0.3, 0.4) is 0 Å². The molecular formula is C19H22N4O2S. The molecule has 1 saturated heterocycles. The molecule has 1 fully saturated rings. The second-order valence-electron chi connectivity index (χ2n) is 6.70. The number of aryl methyl sites for hydroxylation is 1. The molecule has 0 aromatic carbocycles. The molecule has 136 valence electrons. The van der Waals surface area contributed by atoms with E-state index >= 15 is 0 Å². The molecule has 0 saturated carbocycles. The summed E-state index contributed by atoms with van der Waals surface area (Å²) in [6, 6.07) is 5.94. The Morgan fingerprint density at radius 2 is 1.96 bits per heavy atom. The lowest BCUT2D eigenvalue weighted by Gasteiger charge is -2.27. The van der Waals surface area contributed by atoms with Gasteiger partial charge in [-0.15, -0.1) is 21.5 Å². The molecule has 0 radical (unpaired) electrons. The molecule has 0 spiro atoms. The maximum atomic E-state index is 12.6. The molecule has 0 bridgehead atoms. The van der Waals surface area contributed by atoms with Crippen molar-refractivity contribution < 1.29 is 9.21 Å². The van der Waals surface area contributed by atoms with Gasteiger partial charge in [-0.3, -0.25) is 4.79 Å². The van der Waals surface area contributed by atoms with Crippen LogP contribution < -0.4 is 0 Å². The number of piperidine rings is 1. The number of likely N-dealkylation sites (tertiary alicyclic amines) is 1. The third-order valence-corrected chi connectivity index (χ3v) is 5.82. The Balaban J connectivity index is 1.57. The van der Waals surface area contributed by atoms with Gasteiger partial charge in [0.1, 0.15) is 6.54 Å². The average Bonchev–Trinajstić information content (AvgIpc) is 3.39. The zero-order valence-corrected chi connectivity index (χ0v) is 15.9. The zero-order valence-electron chi connectivity index (χ0n) is 15.1. The topological polar surface area (TPSA) is 64.2 Å². The van der Waals surface area contributed by atoms with E-state index < -0.39 is 0 Å². The number of amides is 1. The van der Waals surface area contributed by atoms with Crippen molar-refractivity contribution in [3.05, 3.63) is 35.0 Å². The van der Waals surface area contributed by atoms with E-state index in [4.69, 9.17) is 4.42 Å². The van der Waals surface area contributed by atoms with Crippen LogP contribution in [0.2, 0.25) is 0 Å². The van der Waals surface area contributed by atoms with E-state index in [1.807, 2.05) is 46.9 Å². The van der Waals surface area contributed by atoms with Gasteiger partial charge in [0.15, 0.2) is 0 Å². The molecule has 1 aliphatic heterocycles. The van der Waals surface area contributed by atoms with Crippen molar-refractivity contribution in [3.63, 3.8) is 0 Å². The van der Waals surface area contributed by atoms with Crippen molar-refractivity contribution in [2.45, 2.75) is 39.7 Å². The van der Waals surface area contributed by atoms with Gasteiger partial charge in [0.2, 0.25) is 11.8 Å². The van der Waals surface area contributed by atoms with Crippen LogP contribution >= 0.6 is 11.3 Å². The van der Waals surface area contributed by atoms with Gasteiger partial charge in [-0.2, -0.15) is 0 Å². The number of hydrogen-bond acceptors (Lipinski definition) is 5. The monoisotopic (exact) mass is 370 g/mol. The predicted molar refractivity (Wildman–Crippen MR) is 101 cm³/mol. The second kappa shape index (κ2) is 7.07. The lowest BCUT2D eigenvalue weighted by molar-refractivity contribution is -0.132. The van der Waals surface area contributed by atoms with Gasteiger partial charge >= 0.3 is 0 Å². The summed E-state index contributed by atoms with van der Waals surface area (Å²) in [5.41, 5.74) is 2.90. The maximum absolute atomic E-state index is 12.6. The Morgan fingerprint density at radius 3 is 2.69 bits per heavy atom. The average molecular weight is 370 g/mol. The van der Waals surface area contributed by atoms with Gasteiger partial charge in [0, 0.05) is 24.5 Å².